The summed E-state index contributed by atoms with van der Waals surface area (Å²) >= 11 is 0. The van der Waals surface area contributed by atoms with Gasteiger partial charge in [0.1, 0.15) is 5.75 Å². The Balaban J connectivity index is 1.84. The summed E-state index contributed by atoms with van der Waals surface area (Å²) in [7, 11) is 1.83. The quantitative estimate of drug-likeness (QED) is 0.411. The summed E-state index contributed by atoms with van der Waals surface area (Å²) in [5, 5.41) is 2.72. The van der Waals surface area contributed by atoms with Crippen LogP contribution in [0.4, 0.5) is 0 Å². The number of nitrogens with zero attached hydrogens (tertiary/aromatic N) is 2. The van der Waals surface area contributed by atoms with Gasteiger partial charge in [0.05, 0.1) is 12.1 Å². The first-order valence-corrected chi connectivity index (χ1v) is 10.0. The molecular formula is C23H30N2O2. The molecule has 0 radical (unpaired) electrons. The number of ether oxygens (including phenoxy) is 1. The summed E-state index contributed by atoms with van der Waals surface area (Å²) in [5.41, 5.74) is 0.944. The third-order valence-corrected chi connectivity index (χ3v) is 5.05. The van der Waals surface area contributed by atoms with Crippen molar-refractivity contribution in [1.29, 1.82) is 0 Å². The Morgan fingerprint density at radius 1 is 0.926 bits per heavy atom. The Hall–Kier alpha value is -2.33. The van der Waals surface area contributed by atoms with E-state index >= 15 is 0 Å². The second-order valence-corrected chi connectivity index (χ2v) is 7.10. The summed E-state index contributed by atoms with van der Waals surface area (Å²) in [6, 6.07) is 13.7. The molecule has 0 aliphatic heterocycles. The average molecular weight is 367 g/mol. The van der Waals surface area contributed by atoms with Gasteiger partial charge in [0.15, 0.2) is 0 Å². The van der Waals surface area contributed by atoms with E-state index in [0.717, 1.165) is 53.5 Å². The van der Waals surface area contributed by atoms with Gasteiger partial charge in [0.25, 0.3) is 5.56 Å². The van der Waals surface area contributed by atoms with Gasteiger partial charge in [0, 0.05) is 29.8 Å². The molecular weight excluding hydrogens is 336 g/mol. The predicted octanol–water partition coefficient (Wildman–Crippen LogP) is 4.58. The van der Waals surface area contributed by atoms with Crippen LogP contribution in [0, 0.1) is 0 Å². The van der Waals surface area contributed by atoms with E-state index in [1.807, 2.05) is 49.5 Å². The topological polar surface area (TPSA) is 34.5 Å². The molecule has 0 atom stereocenters. The van der Waals surface area contributed by atoms with E-state index in [9.17, 15) is 4.79 Å². The molecule has 4 heteroatoms. The zero-order valence-corrected chi connectivity index (χ0v) is 16.7. The number of hydrogen-bond donors (Lipinski definition) is 0. The zero-order chi connectivity index (χ0) is 19.2. The standard InChI is InChI=1S/C23H30N2O2/c1-4-14-25(15-5-2)16-9-17-27-21-13-8-12-20-22(21)18-10-6-7-11-19(18)23(26)24(20)3/h6-8,10-13H,4-5,9,14-17H2,1-3H3. The third kappa shape index (κ3) is 4.16. The van der Waals surface area contributed by atoms with Crippen molar-refractivity contribution in [2.24, 2.45) is 7.05 Å². The van der Waals surface area contributed by atoms with Crippen LogP contribution in [0.15, 0.2) is 47.3 Å². The molecule has 0 saturated carbocycles. The van der Waals surface area contributed by atoms with Crippen LogP contribution in [-0.4, -0.2) is 35.7 Å². The highest BCUT2D eigenvalue weighted by Gasteiger charge is 2.12. The number of pyridine rings is 1. The maximum absolute atomic E-state index is 12.6. The van der Waals surface area contributed by atoms with Crippen LogP contribution < -0.4 is 10.3 Å². The van der Waals surface area contributed by atoms with Crippen molar-refractivity contribution in [3.05, 3.63) is 52.8 Å². The van der Waals surface area contributed by atoms with Gasteiger partial charge in [-0.1, -0.05) is 38.1 Å². The van der Waals surface area contributed by atoms with Crippen LogP contribution in [0.2, 0.25) is 0 Å². The third-order valence-electron chi connectivity index (χ3n) is 5.05. The first-order valence-electron chi connectivity index (χ1n) is 10.0. The second kappa shape index (κ2) is 9.05. The van der Waals surface area contributed by atoms with Crippen molar-refractivity contribution < 1.29 is 4.74 Å². The number of hydrogen-bond acceptors (Lipinski definition) is 3. The van der Waals surface area contributed by atoms with Crippen molar-refractivity contribution in [1.82, 2.24) is 9.47 Å². The number of aromatic nitrogens is 1. The lowest BCUT2D eigenvalue weighted by Crippen LogP contribution is -2.27. The first-order chi connectivity index (χ1) is 13.2. The van der Waals surface area contributed by atoms with E-state index in [0.29, 0.717) is 6.61 Å². The van der Waals surface area contributed by atoms with Gasteiger partial charge in [0.2, 0.25) is 0 Å². The summed E-state index contributed by atoms with van der Waals surface area (Å²) in [6.07, 6.45) is 3.37. The minimum Gasteiger partial charge on any atom is -0.493 e. The Labute approximate surface area is 161 Å². The highest BCUT2D eigenvalue weighted by molar-refractivity contribution is 6.08. The molecule has 0 saturated heterocycles. The van der Waals surface area contributed by atoms with E-state index in [-0.39, 0.29) is 5.56 Å². The predicted molar refractivity (Wildman–Crippen MR) is 114 cm³/mol. The molecule has 0 bridgehead atoms. The van der Waals surface area contributed by atoms with Crippen molar-refractivity contribution in [2.75, 3.05) is 26.2 Å². The number of fused-ring (bicyclic) bond motifs is 3. The highest BCUT2D eigenvalue weighted by Crippen LogP contribution is 2.31. The van der Waals surface area contributed by atoms with E-state index in [2.05, 4.69) is 18.7 Å². The summed E-state index contributed by atoms with van der Waals surface area (Å²) < 4.78 is 7.90. The fourth-order valence-corrected chi connectivity index (χ4v) is 3.81. The van der Waals surface area contributed by atoms with E-state index < -0.39 is 0 Å². The summed E-state index contributed by atoms with van der Waals surface area (Å²) in [6.45, 7) is 8.49. The van der Waals surface area contributed by atoms with Crippen LogP contribution in [0.25, 0.3) is 21.7 Å². The minimum atomic E-state index is 0.0324. The SMILES string of the molecule is CCCN(CCC)CCCOc1cccc2c1c1ccccc1c(=O)n2C. The molecule has 0 spiro atoms. The smallest absolute Gasteiger partial charge is 0.258 e. The van der Waals surface area contributed by atoms with Gasteiger partial charge in [-0.05, 0) is 50.6 Å². The maximum atomic E-state index is 12.6. The molecule has 27 heavy (non-hydrogen) atoms. The molecule has 0 aliphatic rings. The molecule has 0 unspecified atom stereocenters. The molecule has 144 valence electrons. The van der Waals surface area contributed by atoms with Gasteiger partial charge in [-0.25, -0.2) is 0 Å². The minimum absolute atomic E-state index is 0.0324. The fraction of sp³-hybridized carbons (Fsp3) is 0.435. The zero-order valence-electron chi connectivity index (χ0n) is 16.7. The first kappa shape index (κ1) is 19.4. The molecule has 1 aromatic heterocycles. The monoisotopic (exact) mass is 366 g/mol. The Morgan fingerprint density at radius 2 is 1.63 bits per heavy atom. The van der Waals surface area contributed by atoms with Crippen molar-refractivity contribution in [2.45, 2.75) is 33.1 Å². The van der Waals surface area contributed by atoms with Crippen LogP contribution >= 0.6 is 0 Å². The molecule has 0 amide bonds. The summed E-state index contributed by atoms with van der Waals surface area (Å²) in [4.78, 5) is 15.1. The normalized spacial score (nSPS) is 11.6. The van der Waals surface area contributed by atoms with Crippen LogP contribution in [0.3, 0.4) is 0 Å². The second-order valence-electron chi connectivity index (χ2n) is 7.10. The Bertz CT molecular complexity index is 956. The Morgan fingerprint density at radius 3 is 2.33 bits per heavy atom. The lowest BCUT2D eigenvalue weighted by molar-refractivity contribution is 0.235. The van der Waals surface area contributed by atoms with Gasteiger partial charge in [-0.3, -0.25) is 4.79 Å². The molecule has 0 aliphatic carbocycles. The lowest BCUT2D eigenvalue weighted by Gasteiger charge is -2.21. The molecule has 3 aromatic rings. The largest absolute Gasteiger partial charge is 0.493 e. The van der Waals surface area contributed by atoms with E-state index in [1.54, 1.807) is 4.57 Å². The molecule has 2 aromatic carbocycles. The fourth-order valence-electron chi connectivity index (χ4n) is 3.81. The van der Waals surface area contributed by atoms with E-state index in [4.69, 9.17) is 4.74 Å². The molecule has 0 N–H and O–H groups in total. The van der Waals surface area contributed by atoms with Gasteiger partial charge >= 0.3 is 0 Å². The molecule has 0 fully saturated rings. The highest BCUT2D eigenvalue weighted by atomic mass is 16.5. The van der Waals surface area contributed by atoms with Gasteiger partial charge < -0.3 is 14.2 Å². The van der Waals surface area contributed by atoms with Gasteiger partial charge in [-0.15, -0.1) is 0 Å². The van der Waals surface area contributed by atoms with Crippen molar-refractivity contribution in [3.63, 3.8) is 0 Å². The number of aryl methyl sites for hydroxylation is 1. The lowest BCUT2D eigenvalue weighted by atomic mass is 10.1. The van der Waals surface area contributed by atoms with Crippen LogP contribution in [0.5, 0.6) is 5.75 Å². The van der Waals surface area contributed by atoms with Crippen molar-refractivity contribution >= 4 is 21.7 Å². The number of benzene rings is 2. The van der Waals surface area contributed by atoms with Gasteiger partial charge in [-0.2, -0.15) is 0 Å². The Kier molecular flexibility index (Phi) is 6.51. The number of rotatable bonds is 9. The molecule has 3 rings (SSSR count). The van der Waals surface area contributed by atoms with Crippen LogP contribution in [-0.2, 0) is 7.05 Å². The summed E-state index contributed by atoms with van der Waals surface area (Å²) in [5.74, 6) is 0.858. The molecule has 1 heterocycles. The van der Waals surface area contributed by atoms with E-state index in [1.165, 1.54) is 12.8 Å². The maximum Gasteiger partial charge on any atom is 0.258 e. The average Bonchev–Trinajstić information content (AvgIpc) is 2.69. The van der Waals surface area contributed by atoms with Crippen molar-refractivity contribution in [3.8, 4) is 5.75 Å². The molecule has 4 nitrogen and oxygen atoms in total. The van der Waals surface area contributed by atoms with Crippen LogP contribution in [0.1, 0.15) is 33.1 Å².